The smallest absolute Gasteiger partial charge is 0.306 e. The molecule has 0 radical (unpaired) electrons. The van der Waals surface area contributed by atoms with E-state index in [4.69, 9.17) is 4.98 Å². The van der Waals surface area contributed by atoms with Crippen LogP contribution in [0.2, 0.25) is 0 Å². The number of hydrogen-bond acceptors (Lipinski definition) is 5. The molecule has 1 amide bonds. The van der Waals surface area contributed by atoms with Gasteiger partial charge in [0, 0.05) is 29.3 Å². The molecule has 2 rings (SSSR count). The first-order chi connectivity index (χ1) is 11.5. The van der Waals surface area contributed by atoms with Crippen LogP contribution in [0.1, 0.15) is 77.0 Å². The van der Waals surface area contributed by atoms with E-state index in [0.29, 0.717) is 0 Å². The number of amides is 1. The standard InChI is InChI=1S/C19H29N3O3/c1-18(2,3)17-20-11-12-13(9-19(4,5)10-14(12)22-17)21-15(23)7-8-16(24)25-6/h11,13H,7-10H2,1-6H3,(H,21,23)/t13-/m1/s1. The van der Waals surface area contributed by atoms with E-state index < -0.39 is 0 Å². The van der Waals surface area contributed by atoms with Crippen molar-refractivity contribution in [3.63, 3.8) is 0 Å². The number of hydrogen-bond donors (Lipinski definition) is 1. The molecule has 138 valence electrons. The second-order valence-electron chi connectivity index (χ2n) is 8.59. The Balaban J connectivity index is 2.20. The van der Waals surface area contributed by atoms with Crippen molar-refractivity contribution in [2.45, 2.75) is 71.8 Å². The Morgan fingerprint density at radius 2 is 2.00 bits per heavy atom. The van der Waals surface area contributed by atoms with Gasteiger partial charge in [0.25, 0.3) is 0 Å². The molecule has 1 N–H and O–H groups in total. The largest absolute Gasteiger partial charge is 0.469 e. The van der Waals surface area contributed by atoms with Gasteiger partial charge in [-0.2, -0.15) is 0 Å². The van der Waals surface area contributed by atoms with Crippen molar-refractivity contribution in [2.24, 2.45) is 5.41 Å². The number of nitrogens with zero attached hydrogens (tertiary/aromatic N) is 2. The zero-order valence-corrected chi connectivity index (χ0v) is 16.1. The minimum absolute atomic E-state index is 0.0385. The molecule has 6 heteroatoms. The Bertz CT molecular complexity index is 662. The molecular formula is C19H29N3O3. The topological polar surface area (TPSA) is 81.2 Å². The van der Waals surface area contributed by atoms with Crippen molar-refractivity contribution in [1.29, 1.82) is 0 Å². The monoisotopic (exact) mass is 347 g/mol. The average molecular weight is 347 g/mol. The van der Waals surface area contributed by atoms with E-state index in [1.165, 1.54) is 7.11 Å². The van der Waals surface area contributed by atoms with Gasteiger partial charge in [0.1, 0.15) is 5.82 Å². The second-order valence-corrected chi connectivity index (χ2v) is 8.59. The summed E-state index contributed by atoms with van der Waals surface area (Å²) < 4.78 is 4.59. The normalized spacial score (nSPS) is 19.0. The van der Waals surface area contributed by atoms with Crippen molar-refractivity contribution in [3.05, 3.63) is 23.3 Å². The Hall–Kier alpha value is -1.98. The molecule has 0 aromatic carbocycles. The number of rotatable bonds is 4. The Labute approximate surface area is 149 Å². The molecule has 0 spiro atoms. The number of esters is 1. The summed E-state index contributed by atoms with van der Waals surface area (Å²) in [6.45, 7) is 10.6. The molecule has 25 heavy (non-hydrogen) atoms. The third-order valence-electron chi connectivity index (χ3n) is 4.47. The molecule has 1 aliphatic carbocycles. The van der Waals surface area contributed by atoms with Crippen molar-refractivity contribution in [2.75, 3.05) is 7.11 Å². The summed E-state index contributed by atoms with van der Waals surface area (Å²) in [7, 11) is 1.32. The number of carbonyl (C=O) groups excluding carboxylic acids is 2. The third kappa shape index (κ3) is 5.00. The molecule has 1 aliphatic rings. The first-order valence-electron chi connectivity index (χ1n) is 8.74. The minimum Gasteiger partial charge on any atom is -0.469 e. The van der Waals surface area contributed by atoms with Gasteiger partial charge in [-0.25, -0.2) is 9.97 Å². The van der Waals surface area contributed by atoms with Crippen molar-refractivity contribution >= 4 is 11.9 Å². The molecule has 0 aliphatic heterocycles. The van der Waals surface area contributed by atoms with Crippen LogP contribution in [0.3, 0.4) is 0 Å². The van der Waals surface area contributed by atoms with E-state index in [1.807, 2.05) is 6.20 Å². The zero-order chi connectivity index (χ0) is 18.8. The highest BCUT2D eigenvalue weighted by atomic mass is 16.5. The first-order valence-corrected chi connectivity index (χ1v) is 8.74. The third-order valence-corrected chi connectivity index (χ3v) is 4.47. The Morgan fingerprint density at radius 3 is 2.60 bits per heavy atom. The lowest BCUT2D eigenvalue weighted by Gasteiger charge is -2.37. The molecule has 0 unspecified atom stereocenters. The highest BCUT2D eigenvalue weighted by molar-refractivity contribution is 5.81. The number of carbonyl (C=O) groups is 2. The van der Waals surface area contributed by atoms with Gasteiger partial charge in [0.05, 0.1) is 19.6 Å². The van der Waals surface area contributed by atoms with Gasteiger partial charge in [-0.05, 0) is 18.3 Å². The zero-order valence-electron chi connectivity index (χ0n) is 16.1. The summed E-state index contributed by atoms with van der Waals surface area (Å²) in [5.41, 5.74) is 1.92. The number of aromatic nitrogens is 2. The summed E-state index contributed by atoms with van der Waals surface area (Å²) >= 11 is 0. The maximum atomic E-state index is 12.2. The molecule has 6 nitrogen and oxygen atoms in total. The molecule has 1 heterocycles. The number of nitrogens with one attached hydrogen (secondary N) is 1. The van der Waals surface area contributed by atoms with E-state index in [0.717, 1.165) is 29.9 Å². The number of fused-ring (bicyclic) bond motifs is 1. The Morgan fingerprint density at radius 1 is 1.32 bits per heavy atom. The van der Waals surface area contributed by atoms with Gasteiger partial charge in [-0.1, -0.05) is 34.6 Å². The van der Waals surface area contributed by atoms with Crippen molar-refractivity contribution in [1.82, 2.24) is 15.3 Å². The predicted octanol–water partition coefficient (Wildman–Crippen LogP) is 2.86. The molecule has 1 aromatic rings. The van der Waals surface area contributed by atoms with Crippen LogP contribution >= 0.6 is 0 Å². The molecule has 1 aromatic heterocycles. The fourth-order valence-electron chi connectivity index (χ4n) is 3.12. The van der Waals surface area contributed by atoms with E-state index in [1.54, 1.807) is 0 Å². The van der Waals surface area contributed by atoms with Gasteiger partial charge >= 0.3 is 5.97 Å². The molecule has 0 saturated heterocycles. The lowest BCUT2D eigenvalue weighted by Crippen LogP contribution is -2.37. The van der Waals surface area contributed by atoms with E-state index in [9.17, 15) is 9.59 Å². The van der Waals surface area contributed by atoms with Crippen LogP contribution in [0.4, 0.5) is 0 Å². The van der Waals surface area contributed by atoms with E-state index in [-0.39, 0.29) is 41.6 Å². The summed E-state index contributed by atoms with van der Waals surface area (Å²) in [6, 6.07) is -0.127. The van der Waals surface area contributed by atoms with Gasteiger partial charge in [0.15, 0.2) is 0 Å². The fraction of sp³-hybridized carbons (Fsp3) is 0.684. The van der Waals surface area contributed by atoms with E-state index >= 15 is 0 Å². The second kappa shape index (κ2) is 7.10. The van der Waals surface area contributed by atoms with Gasteiger partial charge < -0.3 is 10.1 Å². The summed E-state index contributed by atoms with van der Waals surface area (Å²) in [6.07, 6.45) is 3.75. The molecule has 0 bridgehead atoms. The summed E-state index contributed by atoms with van der Waals surface area (Å²) in [5, 5.41) is 3.04. The van der Waals surface area contributed by atoms with Gasteiger partial charge in [0.2, 0.25) is 5.91 Å². The van der Waals surface area contributed by atoms with Gasteiger partial charge in [-0.3, -0.25) is 9.59 Å². The quantitative estimate of drug-likeness (QED) is 0.847. The highest BCUT2D eigenvalue weighted by Crippen LogP contribution is 2.40. The maximum Gasteiger partial charge on any atom is 0.306 e. The van der Waals surface area contributed by atoms with Crippen LogP contribution in [0.5, 0.6) is 0 Å². The van der Waals surface area contributed by atoms with Crippen molar-refractivity contribution in [3.8, 4) is 0 Å². The minimum atomic E-state index is -0.377. The van der Waals surface area contributed by atoms with Crippen LogP contribution < -0.4 is 5.32 Å². The first kappa shape index (κ1) is 19.3. The molecule has 0 fully saturated rings. The van der Waals surface area contributed by atoms with Crippen LogP contribution in [0, 0.1) is 5.41 Å². The SMILES string of the molecule is COC(=O)CCC(=O)N[C@@H]1CC(C)(C)Cc2nc(C(C)(C)C)ncc21. The number of methoxy groups -OCH3 is 1. The van der Waals surface area contributed by atoms with Crippen LogP contribution in [-0.2, 0) is 26.2 Å². The predicted molar refractivity (Wildman–Crippen MR) is 95.0 cm³/mol. The summed E-state index contributed by atoms with van der Waals surface area (Å²) in [5.74, 6) is 0.288. The van der Waals surface area contributed by atoms with Crippen LogP contribution in [-0.4, -0.2) is 29.0 Å². The Kier molecular flexibility index (Phi) is 5.49. The highest BCUT2D eigenvalue weighted by Gasteiger charge is 2.35. The lowest BCUT2D eigenvalue weighted by molar-refractivity contribution is -0.142. The molecular weight excluding hydrogens is 318 g/mol. The lowest BCUT2D eigenvalue weighted by atomic mass is 9.74. The van der Waals surface area contributed by atoms with Crippen LogP contribution in [0.15, 0.2) is 6.20 Å². The van der Waals surface area contributed by atoms with E-state index in [2.05, 4.69) is 49.7 Å². The summed E-state index contributed by atoms with van der Waals surface area (Å²) in [4.78, 5) is 32.7. The maximum absolute atomic E-state index is 12.2. The molecule has 0 saturated carbocycles. The fourth-order valence-corrected chi connectivity index (χ4v) is 3.12. The average Bonchev–Trinajstić information content (AvgIpc) is 2.50. The van der Waals surface area contributed by atoms with Crippen LogP contribution in [0.25, 0.3) is 0 Å². The number of ether oxygens (including phenoxy) is 1. The van der Waals surface area contributed by atoms with Gasteiger partial charge in [-0.15, -0.1) is 0 Å². The molecule has 1 atom stereocenters. The van der Waals surface area contributed by atoms with Crippen molar-refractivity contribution < 1.29 is 14.3 Å².